The zero-order valence-corrected chi connectivity index (χ0v) is 28.7. The maximum absolute atomic E-state index is 12.9. The van der Waals surface area contributed by atoms with Gasteiger partial charge in [0.25, 0.3) is 54.7 Å². The van der Waals surface area contributed by atoms with Crippen molar-refractivity contribution in [2.24, 2.45) is 0 Å². The van der Waals surface area contributed by atoms with Gasteiger partial charge in [-0.3, -0.25) is 41.0 Å². The van der Waals surface area contributed by atoms with Crippen LogP contribution in [0.1, 0.15) is 5.56 Å². The minimum absolute atomic E-state index is 1.72. The molecule has 0 aromatic heterocycles. The molecule has 0 spiro atoms. The highest BCUT2D eigenvalue weighted by Crippen LogP contribution is 2.56. The molecule has 286 valence electrons. The fourth-order valence-electron chi connectivity index (χ4n) is 3.81. The van der Waals surface area contributed by atoms with E-state index in [4.69, 9.17) is 4.55 Å². The quantitative estimate of drug-likeness (QED) is 0.0777. The maximum atomic E-state index is 12.9. The van der Waals surface area contributed by atoms with Gasteiger partial charge in [-0.05, 0) is 9.78 Å². The monoisotopic (exact) mass is 901 g/mol. The Kier molecular flexibility index (Phi) is 11.0. The summed E-state index contributed by atoms with van der Waals surface area (Å²) in [6, 6.07) is -1.72. The molecule has 0 aliphatic rings. The van der Waals surface area contributed by atoms with Crippen LogP contribution in [0.4, 0.5) is 0 Å². The Morgan fingerprint density at radius 1 is 0.551 bits per heavy atom. The summed E-state index contributed by atoms with van der Waals surface area (Å²) in [6.45, 7) is 0. The van der Waals surface area contributed by atoms with Crippen molar-refractivity contribution in [2.45, 2.75) is 23.6 Å². The molecule has 40 heteroatoms. The smallest absolute Gasteiger partial charge is 0.446 e. The second-order valence-electron chi connectivity index (χ2n) is 7.99. The van der Waals surface area contributed by atoms with Crippen LogP contribution in [0.5, 0.6) is 5.75 Å². The Morgan fingerprint density at radius 3 is 1.10 bits per heavy atom. The lowest BCUT2D eigenvalue weighted by Crippen LogP contribution is -2.77. The van der Waals surface area contributed by atoms with Gasteiger partial charge in [0.1, 0.15) is 9.79 Å². The topological polar surface area (TPSA) is 539 Å². The number of carbonyl (C=O) groups is 1. The molecule has 49 heavy (non-hydrogen) atoms. The summed E-state index contributed by atoms with van der Waals surface area (Å²) in [6.07, 6.45) is 0. The highest BCUT2D eigenvalue weighted by molar-refractivity contribution is 8.07. The van der Waals surface area contributed by atoms with E-state index in [9.17, 15) is 122 Å². The van der Waals surface area contributed by atoms with E-state index in [1.807, 2.05) is 0 Å². The first kappa shape index (κ1) is 44.7. The van der Waals surface area contributed by atoms with E-state index < -0.39 is 142 Å². The van der Waals surface area contributed by atoms with Gasteiger partial charge in [-0.2, -0.15) is 75.8 Å². The van der Waals surface area contributed by atoms with Gasteiger partial charge in [0, 0.05) is 5.56 Å². The summed E-state index contributed by atoms with van der Waals surface area (Å²) in [5.41, 5.74) is -4.03. The third-order valence-corrected chi connectivity index (χ3v) is 16.4. The first-order chi connectivity index (χ1) is 20.9. The fourth-order valence-corrected chi connectivity index (χ4v) is 15.8. The van der Waals surface area contributed by atoms with Crippen LogP contribution in [-0.2, 0) is 101 Å². The van der Waals surface area contributed by atoms with Crippen LogP contribution in [0.3, 0.4) is 0 Å². The molecule has 0 radical (unpaired) electrons. The molecule has 0 aliphatic carbocycles. The van der Waals surface area contributed by atoms with Crippen LogP contribution >= 0.6 is 0 Å². The first-order valence-electron chi connectivity index (χ1n) is 9.58. The van der Waals surface area contributed by atoms with Crippen LogP contribution in [0.15, 0.2) is 20.8 Å². The number of benzene rings is 1. The van der Waals surface area contributed by atoms with Crippen LogP contribution in [-0.4, -0.2) is 136 Å². The number of rotatable bonds is 14. The SMILES string of the molecule is O=C(O)[C@@](N(S(=O)(=O)O)S(=O)(=O)O)(C(c1cc(S(=O)(=O)O)c(OS(=O)(=O)O)c(S(=O)(=O)O)c1S(=O)(=O)O)(S(=O)(=O)O)S(=O)(=O)O)S(=O)(=O)O. The van der Waals surface area contributed by atoms with Crippen molar-refractivity contribution in [1.82, 2.24) is 3.71 Å². The van der Waals surface area contributed by atoms with Gasteiger partial charge in [-0.1, -0.05) is 0 Å². The normalized spacial score (nSPS) is 16.2. The number of hydrogen-bond donors (Lipinski definition) is 10. The third-order valence-electron chi connectivity index (χ3n) is 5.01. The van der Waals surface area contributed by atoms with Crippen LogP contribution in [0.25, 0.3) is 0 Å². The molecule has 0 bridgehead atoms. The van der Waals surface area contributed by atoms with Crippen LogP contribution < -0.4 is 4.18 Å². The van der Waals surface area contributed by atoms with Crippen molar-refractivity contribution in [2.75, 3.05) is 0 Å². The maximum Gasteiger partial charge on any atom is 0.446 e. The molecule has 1 rings (SSSR count). The number of carboxylic acids is 1. The zero-order valence-electron chi connectivity index (χ0n) is 21.3. The number of aliphatic carboxylic acids is 1. The van der Waals surface area contributed by atoms with Gasteiger partial charge in [0.15, 0.2) is 10.6 Å². The molecule has 1 aromatic rings. The Balaban J connectivity index is 5.99. The molecule has 0 saturated heterocycles. The van der Waals surface area contributed by atoms with E-state index in [0.717, 1.165) is 0 Å². The van der Waals surface area contributed by atoms with E-state index in [-0.39, 0.29) is 0 Å². The third kappa shape index (κ3) is 7.64. The van der Waals surface area contributed by atoms with E-state index in [2.05, 4.69) is 4.18 Å². The van der Waals surface area contributed by atoms with Gasteiger partial charge in [0.2, 0.25) is 0 Å². The zero-order chi connectivity index (χ0) is 40.0. The molecule has 0 heterocycles. The number of hydrogen-bond acceptors (Lipinski definition) is 20. The van der Waals surface area contributed by atoms with Crippen molar-refractivity contribution in [3.63, 3.8) is 0 Å². The summed E-state index contributed by atoms with van der Waals surface area (Å²) in [7, 11) is -70.0. The van der Waals surface area contributed by atoms with Crippen molar-refractivity contribution < 1.29 is 131 Å². The van der Waals surface area contributed by atoms with Gasteiger partial charge < -0.3 is 9.29 Å². The molecule has 0 unspecified atom stereocenters. The lowest BCUT2D eigenvalue weighted by atomic mass is 10.0. The summed E-state index contributed by atoms with van der Waals surface area (Å²) in [5.74, 6) is -7.82. The minimum Gasteiger partial charge on any atom is -0.479 e. The molecule has 0 amide bonds. The van der Waals surface area contributed by atoms with E-state index in [0.29, 0.717) is 0 Å². The van der Waals surface area contributed by atoms with Crippen molar-refractivity contribution in [1.29, 1.82) is 0 Å². The molecular formula is C9H11NO30S9. The molecular weight excluding hydrogens is 891 g/mol. The fraction of sp³-hybridized carbons (Fsp3) is 0.222. The highest BCUT2D eigenvalue weighted by atomic mass is 32.3. The van der Waals surface area contributed by atoms with E-state index in [1.54, 1.807) is 0 Å². The predicted octanol–water partition coefficient (Wildman–Crippen LogP) is -5.89. The van der Waals surface area contributed by atoms with Gasteiger partial charge >= 0.3 is 52.0 Å². The number of carboxylic acid groups (broad SMARTS) is 1. The largest absolute Gasteiger partial charge is 0.479 e. The molecule has 1 atom stereocenters. The predicted molar refractivity (Wildman–Crippen MR) is 140 cm³/mol. The average molecular weight is 902 g/mol. The van der Waals surface area contributed by atoms with E-state index in [1.165, 1.54) is 0 Å². The molecule has 0 fully saturated rings. The first-order valence-corrected chi connectivity index (χ1v) is 22.4. The minimum atomic E-state index is -8.53. The second kappa shape index (κ2) is 12.1. The van der Waals surface area contributed by atoms with E-state index >= 15 is 0 Å². The summed E-state index contributed by atoms with van der Waals surface area (Å²) < 4.78 is 301. The Bertz CT molecular complexity index is 2580. The summed E-state index contributed by atoms with van der Waals surface area (Å²) >= 11 is 0. The lowest BCUT2D eigenvalue weighted by Gasteiger charge is -2.43. The number of nitrogens with zero attached hydrogens (tertiary/aromatic N) is 1. The summed E-state index contributed by atoms with van der Waals surface area (Å²) in [5, 5.41) is 9.77. The van der Waals surface area contributed by atoms with Gasteiger partial charge in [0.05, 0.1) is 0 Å². The highest BCUT2D eigenvalue weighted by Gasteiger charge is 2.87. The second-order valence-corrected chi connectivity index (χ2v) is 20.8. The average Bonchev–Trinajstić information content (AvgIpc) is 2.70. The van der Waals surface area contributed by atoms with Gasteiger partial charge in [-0.25, -0.2) is 4.79 Å². The van der Waals surface area contributed by atoms with Crippen molar-refractivity contribution in [3.05, 3.63) is 11.6 Å². The Morgan fingerprint density at radius 2 is 0.898 bits per heavy atom. The standard InChI is InChI=1S/C9H11NO30S9/c11-7(12)8(44(22,23)24,10(47(31,32)33)48(34,35)36)9(45(25,26)27,46(28,29)30)2-1-3(41(13,14)15)4(40-49(37,38)39)6(43(19,20)21)5(2)42(16,17)18/h1H,(H,11,12)(H,13,14,15)(H,16,17,18)(H,19,20,21)(H,22,23,24)(H,25,26,27)(H,28,29,30)(H,31,32,33)(H,34,35,36)(H,37,38,39)/t8-/m0/s1. The Labute approximate surface area is 271 Å². The molecule has 0 saturated carbocycles. The van der Waals surface area contributed by atoms with Crippen LogP contribution in [0.2, 0.25) is 0 Å². The molecule has 31 nitrogen and oxygen atoms in total. The summed E-state index contributed by atoms with van der Waals surface area (Å²) in [4.78, 5) is -5.58. The van der Waals surface area contributed by atoms with Gasteiger partial charge in [-0.15, -0.1) is 0 Å². The Hall–Kier alpha value is -2.36. The van der Waals surface area contributed by atoms with Crippen LogP contribution in [0, 0.1) is 0 Å². The molecule has 10 N–H and O–H groups in total. The lowest BCUT2D eigenvalue weighted by molar-refractivity contribution is -0.143. The van der Waals surface area contributed by atoms with Crippen molar-refractivity contribution in [3.8, 4) is 5.75 Å². The molecule has 1 aromatic carbocycles. The van der Waals surface area contributed by atoms with Crippen molar-refractivity contribution >= 4 is 97.7 Å². The molecule has 0 aliphatic heterocycles.